The van der Waals surface area contributed by atoms with Gasteiger partial charge in [-0.2, -0.15) is 13.2 Å². The highest BCUT2D eigenvalue weighted by molar-refractivity contribution is 7.22. The third-order valence-electron chi connectivity index (χ3n) is 4.59. The first-order valence-electron chi connectivity index (χ1n) is 9.70. The van der Waals surface area contributed by atoms with E-state index in [1.54, 1.807) is 12.2 Å². The van der Waals surface area contributed by atoms with Gasteiger partial charge < -0.3 is 20.1 Å². The zero-order chi connectivity index (χ0) is 26.0. The summed E-state index contributed by atoms with van der Waals surface area (Å²) in [4.78, 5) is 41.2. The van der Waals surface area contributed by atoms with Crippen molar-refractivity contribution >= 4 is 67.7 Å². The number of alkyl halides is 3. The molecular weight excluding hydrogens is 534 g/mol. The Bertz CT molecular complexity index is 1300. The summed E-state index contributed by atoms with van der Waals surface area (Å²) in [6.45, 7) is 1.76. The molecule has 14 heteroatoms. The Hall–Kier alpha value is -3.09. The molecule has 1 aromatic heterocycles. The lowest BCUT2D eigenvalue weighted by Gasteiger charge is -2.34. The molecule has 0 spiro atoms. The van der Waals surface area contributed by atoms with E-state index >= 15 is 0 Å². The van der Waals surface area contributed by atoms with Crippen LogP contribution in [0.25, 0.3) is 10.2 Å². The number of thiazole rings is 1. The molecule has 0 bridgehead atoms. The van der Waals surface area contributed by atoms with E-state index in [0.29, 0.717) is 16.0 Å². The van der Waals surface area contributed by atoms with Gasteiger partial charge in [-0.05, 0) is 43.3 Å². The van der Waals surface area contributed by atoms with Crippen molar-refractivity contribution in [2.24, 2.45) is 0 Å². The quantitative estimate of drug-likeness (QED) is 0.313. The summed E-state index contributed by atoms with van der Waals surface area (Å²) in [6, 6.07) is 7.70. The Morgan fingerprint density at radius 1 is 1.11 bits per heavy atom. The van der Waals surface area contributed by atoms with Crippen LogP contribution in [0.2, 0.25) is 10.0 Å². The number of aromatic nitrogens is 1. The van der Waals surface area contributed by atoms with Crippen LogP contribution >= 0.6 is 34.5 Å². The maximum absolute atomic E-state index is 14.3. The van der Waals surface area contributed by atoms with Crippen LogP contribution in [0.15, 0.2) is 36.4 Å². The topological polar surface area (TPSA) is 107 Å². The molecule has 0 saturated heterocycles. The number of esters is 2. The van der Waals surface area contributed by atoms with Crippen LogP contribution in [-0.2, 0) is 14.3 Å². The zero-order valence-corrected chi connectivity index (χ0v) is 20.3. The van der Waals surface area contributed by atoms with Crippen LogP contribution in [0.4, 0.5) is 18.3 Å². The summed E-state index contributed by atoms with van der Waals surface area (Å²) in [5, 5.41) is 3.15. The number of methoxy groups -OCH3 is 1. The molecule has 0 unspecified atom stereocenters. The molecule has 0 fully saturated rings. The van der Waals surface area contributed by atoms with Gasteiger partial charge in [0, 0.05) is 5.02 Å². The molecule has 1 heterocycles. The fourth-order valence-electron chi connectivity index (χ4n) is 2.94. The SMILES string of the molecule is CCOC(=O)c1ccc2nc(N[C@](NC(=O)c3ccc(Cl)cc3Cl)(C(=O)OC)C(F)(F)F)sc2c1. The number of halogens is 5. The number of hydrogen-bond donors (Lipinski definition) is 2. The highest BCUT2D eigenvalue weighted by atomic mass is 35.5. The fourth-order valence-corrected chi connectivity index (χ4v) is 4.39. The van der Waals surface area contributed by atoms with Gasteiger partial charge in [0.05, 0.1) is 40.1 Å². The van der Waals surface area contributed by atoms with E-state index in [-0.39, 0.29) is 38.4 Å². The molecule has 186 valence electrons. The number of anilines is 1. The van der Waals surface area contributed by atoms with Crippen molar-refractivity contribution in [3.63, 3.8) is 0 Å². The average molecular weight is 550 g/mol. The fraction of sp³-hybridized carbons (Fsp3) is 0.238. The number of amides is 1. The van der Waals surface area contributed by atoms with Crippen LogP contribution in [-0.4, -0.2) is 48.4 Å². The summed E-state index contributed by atoms with van der Waals surface area (Å²) < 4.78 is 52.6. The normalized spacial score (nSPS) is 13.1. The largest absolute Gasteiger partial charge is 0.466 e. The van der Waals surface area contributed by atoms with Crippen LogP contribution in [0, 0.1) is 0 Å². The number of nitrogens with one attached hydrogen (secondary N) is 2. The third kappa shape index (κ3) is 5.44. The van der Waals surface area contributed by atoms with Crippen molar-refractivity contribution in [1.29, 1.82) is 0 Å². The molecule has 35 heavy (non-hydrogen) atoms. The lowest BCUT2D eigenvalue weighted by atomic mass is 10.1. The summed E-state index contributed by atoms with van der Waals surface area (Å²) in [5.74, 6) is -3.80. The van der Waals surface area contributed by atoms with E-state index in [1.807, 2.05) is 5.32 Å². The molecule has 3 rings (SSSR count). The summed E-state index contributed by atoms with van der Waals surface area (Å²) in [5.41, 5.74) is -3.69. The van der Waals surface area contributed by atoms with Crippen LogP contribution < -0.4 is 10.6 Å². The summed E-state index contributed by atoms with van der Waals surface area (Å²) in [6.07, 6.45) is -5.39. The van der Waals surface area contributed by atoms with Crippen molar-refractivity contribution in [2.45, 2.75) is 18.8 Å². The van der Waals surface area contributed by atoms with E-state index in [9.17, 15) is 27.6 Å². The van der Waals surface area contributed by atoms with Gasteiger partial charge in [-0.1, -0.05) is 34.5 Å². The van der Waals surface area contributed by atoms with Gasteiger partial charge in [-0.15, -0.1) is 0 Å². The molecule has 2 N–H and O–H groups in total. The van der Waals surface area contributed by atoms with Gasteiger partial charge in [-0.3, -0.25) is 4.79 Å². The van der Waals surface area contributed by atoms with E-state index in [1.165, 1.54) is 24.3 Å². The number of carbonyl (C=O) groups excluding carboxylic acids is 3. The number of nitrogens with zero attached hydrogens (tertiary/aromatic N) is 1. The van der Waals surface area contributed by atoms with E-state index < -0.39 is 29.7 Å². The first kappa shape index (κ1) is 26.5. The van der Waals surface area contributed by atoms with Gasteiger partial charge in [0.1, 0.15) is 0 Å². The second kappa shape index (κ2) is 10.3. The third-order valence-corrected chi connectivity index (χ3v) is 6.07. The molecule has 0 saturated carbocycles. The molecule has 8 nitrogen and oxygen atoms in total. The number of ether oxygens (including phenoxy) is 2. The lowest BCUT2D eigenvalue weighted by molar-refractivity contribution is -0.203. The van der Waals surface area contributed by atoms with Gasteiger partial charge in [0.25, 0.3) is 5.91 Å². The Labute approximate surface area is 210 Å². The lowest BCUT2D eigenvalue weighted by Crippen LogP contribution is -2.69. The second-order valence-electron chi connectivity index (χ2n) is 6.86. The first-order chi connectivity index (χ1) is 16.4. The Balaban J connectivity index is 2.04. The predicted octanol–water partition coefficient (Wildman–Crippen LogP) is 5.05. The Kier molecular flexibility index (Phi) is 7.77. The Morgan fingerprint density at radius 3 is 2.43 bits per heavy atom. The molecule has 2 aromatic carbocycles. The van der Waals surface area contributed by atoms with Gasteiger partial charge in [0.15, 0.2) is 5.13 Å². The maximum Gasteiger partial charge on any atom is 0.442 e. The van der Waals surface area contributed by atoms with Gasteiger partial charge >= 0.3 is 23.8 Å². The zero-order valence-electron chi connectivity index (χ0n) is 18.0. The summed E-state index contributed by atoms with van der Waals surface area (Å²) in [7, 11) is 0.732. The highest BCUT2D eigenvalue weighted by Gasteiger charge is 2.64. The molecule has 3 aromatic rings. The Morgan fingerprint density at radius 2 is 1.83 bits per heavy atom. The van der Waals surface area contributed by atoms with Crippen molar-refractivity contribution < 1.29 is 37.0 Å². The minimum Gasteiger partial charge on any atom is -0.466 e. The van der Waals surface area contributed by atoms with E-state index in [0.717, 1.165) is 19.2 Å². The van der Waals surface area contributed by atoms with Crippen molar-refractivity contribution in [3.05, 3.63) is 57.6 Å². The number of fused-ring (bicyclic) bond motifs is 1. The van der Waals surface area contributed by atoms with Gasteiger partial charge in [-0.25, -0.2) is 14.6 Å². The predicted molar refractivity (Wildman–Crippen MR) is 124 cm³/mol. The maximum atomic E-state index is 14.3. The van der Waals surface area contributed by atoms with E-state index in [2.05, 4.69) is 9.72 Å². The van der Waals surface area contributed by atoms with Crippen LogP contribution in [0.3, 0.4) is 0 Å². The molecule has 0 aliphatic heterocycles. The minimum absolute atomic E-state index is 0.136. The summed E-state index contributed by atoms with van der Waals surface area (Å²) >= 11 is 12.4. The number of carbonyl (C=O) groups is 3. The molecular formula is C21H16Cl2F3N3O5S. The van der Waals surface area contributed by atoms with Gasteiger partial charge in [0.2, 0.25) is 0 Å². The standard InChI is InChI=1S/C21H16Cl2F3N3O5S/c1-3-34-17(31)10-4-7-14-15(8-10)35-19(27-14)29-20(18(32)33-2,21(24,25)26)28-16(30)12-6-5-11(22)9-13(12)23/h4-9H,3H2,1-2H3,(H,27,29)(H,28,30)/t20-/m1/s1. The molecule has 0 aliphatic carbocycles. The van der Waals surface area contributed by atoms with Crippen LogP contribution in [0.5, 0.6) is 0 Å². The smallest absolute Gasteiger partial charge is 0.442 e. The average Bonchev–Trinajstić information content (AvgIpc) is 3.18. The van der Waals surface area contributed by atoms with Crippen molar-refractivity contribution in [2.75, 3.05) is 19.0 Å². The van der Waals surface area contributed by atoms with Crippen molar-refractivity contribution in [1.82, 2.24) is 10.3 Å². The number of rotatable bonds is 7. The highest BCUT2D eigenvalue weighted by Crippen LogP contribution is 2.36. The second-order valence-corrected chi connectivity index (χ2v) is 8.74. The van der Waals surface area contributed by atoms with Crippen LogP contribution in [0.1, 0.15) is 27.6 Å². The molecule has 0 aliphatic rings. The monoisotopic (exact) mass is 549 g/mol. The van der Waals surface area contributed by atoms with E-state index in [4.69, 9.17) is 27.9 Å². The number of benzene rings is 2. The number of hydrogen-bond acceptors (Lipinski definition) is 8. The molecule has 0 radical (unpaired) electrons. The molecule has 1 amide bonds. The first-order valence-corrected chi connectivity index (χ1v) is 11.3. The minimum atomic E-state index is -5.39. The van der Waals surface area contributed by atoms with Crippen molar-refractivity contribution in [3.8, 4) is 0 Å². The molecule has 1 atom stereocenters.